The Morgan fingerprint density at radius 2 is 0.857 bits per heavy atom. The van der Waals surface area contributed by atoms with Gasteiger partial charge in [0.25, 0.3) is 0 Å². The van der Waals surface area contributed by atoms with Crippen LogP contribution in [-0.2, 0) is 13.1 Å². The molecule has 0 amide bonds. The van der Waals surface area contributed by atoms with Gasteiger partial charge in [0.1, 0.15) is 0 Å². The Bertz CT molecular complexity index is 1270. The molecule has 1 nitrogen and oxygen atoms in total. The number of hydrogen-bond acceptors (Lipinski definition) is 1. The number of hydrogen-bond donors (Lipinski definition) is 0. The molecule has 0 heterocycles. The molecule has 0 unspecified atom stereocenters. The summed E-state index contributed by atoms with van der Waals surface area (Å²) >= 11 is 0. The standard InChI is InChI=1S/C34H29N/c1-5-15-28(16-6-1)26-35(27-29-17-7-2-8-18-29)34-24-14-13-23-32(34)25-33(30-19-9-3-10-20-30)31-21-11-4-12-22-31/h1-25H,26-27H2. The van der Waals surface area contributed by atoms with Gasteiger partial charge in [-0.25, -0.2) is 0 Å². The highest BCUT2D eigenvalue weighted by Gasteiger charge is 2.13. The summed E-state index contributed by atoms with van der Waals surface area (Å²) in [5.74, 6) is 0. The van der Waals surface area contributed by atoms with E-state index in [2.05, 4.69) is 157 Å². The Hall–Kier alpha value is -4.36. The van der Waals surface area contributed by atoms with E-state index in [9.17, 15) is 0 Å². The molecule has 0 aromatic heterocycles. The van der Waals surface area contributed by atoms with Gasteiger partial charge in [0.15, 0.2) is 0 Å². The summed E-state index contributed by atoms with van der Waals surface area (Å²) in [7, 11) is 0. The molecule has 0 aliphatic carbocycles. The first-order valence-corrected chi connectivity index (χ1v) is 12.1. The van der Waals surface area contributed by atoms with Crippen LogP contribution in [0.1, 0.15) is 27.8 Å². The number of benzene rings is 5. The average molecular weight is 452 g/mol. The minimum atomic E-state index is 0.840. The van der Waals surface area contributed by atoms with E-state index >= 15 is 0 Å². The molecule has 5 rings (SSSR count). The lowest BCUT2D eigenvalue weighted by molar-refractivity contribution is 0.799. The molecule has 0 saturated heterocycles. The number of anilines is 1. The fraction of sp³-hybridized carbons (Fsp3) is 0.0588. The maximum absolute atomic E-state index is 2.48. The molecular weight excluding hydrogens is 422 g/mol. The van der Waals surface area contributed by atoms with Crippen molar-refractivity contribution in [2.75, 3.05) is 4.90 Å². The Labute approximate surface area is 208 Å². The molecule has 0 aliphatic heterocycles. The summed E-state index contributed by atoms with van der Waals surface area (Å²) in [5, 5.41) is 0. The van der Waals surface area contributed by atoms with Crippen molar-refractivity contribution in [1.82, 2.24) is 0 Å². The quantitative estimate of drug-likeness (QED) is 0.214. The first kappa shape index (κ1) is 22.4. The monoisotopic (exact) mass is 451 g/mol. The lowest BCUT2D eigenvalue weighted by Crippen LogP contribution is -2.23. The van der Waals surface area contributed by atoms with Gasteiger partial charge in [0, 0.05) is 18.8 Å². The molecule has 170 valence electrons. The van der Waals surface area contributed by atoms with Crippen molar-refractivity contribution >= 4 is 17.3 Å². The molecule has 0 bridgehead atoms. The van der Waals surface area contributed by atoms with Crippen LogP contribution in [0, 0.1) is 0 Å². The van der Waals surface area contributed by atoms with E-state index < -0.39 is 0 Å². The van der Waals surface area contributed by atoms with Gasteiger partial charge in [-0.05, 0) is 45.5 Å². The lowest BCUT2D eigenvalue weighted by atomic mass is 9.95. The zero-order valence-corrected chi connectivity index (χ0v) is 19.8. The van der Waals surface area contributed by atoms with Crippen LogP contribution in [0.3, 0.4) is 0 Å². The summed E-state index contributed by atoms with van der Waals surface area (Å²) in [6, 6.07) is 51.5. The average Bonchev–Trinajstić information content (AvgIpc) is 2.94. The van der Waals surface area contributed by atoms with E-state index in [4.69, 9.17) is 0 Å². The Morgan fingerprint density at radius 1 is 0.457 bits per heavy atom. The normalized spacial score (nSPS) is 10.5. The Morgan fingerprint density at radius 3 is 1.34 bits per heavy atom. The van der Waals surface area contributed by atoms with Gasteiger partial charge in [0.05, 0.1) is 0 Å². The van der Waals surface area contributed by atoms with Crippen LogP contribution in [0.2, 0.25) is 0 Å². The molecular formula is C34H29N. The molecule has 35 heavy (non-hydrogen) atoms. The first-order chi connectivity index (χ1) is 17.4. The number of rotatable bonds is 8. The molecule has 5 aromatic carbocycles. The van der Waals surface area contributed by atoms with Crippen LogP contribution >= 0.6 is 0 Å². The summed E-state index contributed by atoms with van der Waals surface area (Å²) < 4.78 is 0. The van der Waals surface area contributed by atoms with E-state index in [1.807, 2.05) is 0 Å². The molecule has 0 atom stereocenters. The minimum absolute atomic E-state index is 0.840. The van der Waals surface area contributed by atoms with Crippen LogP contribution in [0.4, 0.5) is 5.69 Å². The van der Waals surface area contributed by atoms with Crippen molar-refractivity contribution in [3.8, 4) is 0 Å². The van der Waals surface area contributed by atoms with Gasteiger partial charge >= 0.3 is 0 Å². The SMILES string of the molecule is C(=C(c1ccccc1)c1ccccc1)c1ccccc1N(Cc1ccccc1)Cc1ccccc1. The fourth-order valence-corrected chi connectivity index (χ4v) is 4.46. The second kappa shape index (κ2) is 11.2. The minimum Gasteiger partial charge on any atom is -0.362 e. The molecule has 1 heteroatoms. The van der Waals surface area contributed by atoms with Crippen molar-refractivity contribution in [2.45, 2.75) is 13.1 Å². The van der Waals surface area contributed by atoms with Crippen molar-refractivity contribution < 1.29 is 0 Å². The summed E-state index contributed by atoms with van der Waals surface area (Å²) in [5.41, 5.74) is 8.68. The fourth-order valence-electron chi connectivity index (χ4n) is 4.46. The molecule has 0 N–H and O–H groups in total. The predicted octanol–water partition coefficient (Wildman–Crippen LogP) is 8.48. The van der Waals surface area contributed by atoms with Crippen LogP contribution in [0.25, 0.3) is 11.6 Å². The molecule has 5 aromatic rings. The van der Waals surface area contributed by atoms with E-state index in [1.165, 1.54) is 39.1 Å². The van der Waals surface area contributed by atoms with Gasteiger partial charge in [-0.2, -0.15) is 0 Å². The number of para-hydroxylation sites is 1. The summed E-state index contributed by atoms with van der Waals surface area (Å²) in [6.07, 6.45) is 2.34. The molecule has 0 radical (unpaired) electrons. The molecule has 0 aliphatic rings. The summed E-state index contributed by atoms with van der Waals surface area (Å²) in [6.45, 7) is 1.68. The zero-order chi connectivity index (χ0) is 23.7. The third-order valence-corrected chi connectivity index (χ3v) is 6.18. The van der Waals surface area contributed by atoms with Crippen LogP contribution in [-0.4, -0.2) is 0 Å². The predicted molar refractivity (Wildman–Crippen MR) is 149 cm³/mol. The topological polar surface area (TPSA) is 3.24 Å². The van der Waals surface area contributed by atoms with Crippen molar-refractivity contribution in [3.05, 3.63) is 173 Å². The van der Waals surface area contributed by atoms with Gasteiger partial charge < -0.3 is 4.90 Å². The van der Waals surface area contributed by atoms with Gasteiger partial charge in [-0.15, -0.1) is 0 Å². The largest absolute Gasteiger partial charge is 0.362 e. The Balaban J connectivity index is 1.60. The highest BCUT2D eigenvalue weighted by Crippen LogP contribution is 2.31. The second-order valence-electron chi connectivity index (χ2n) is 8.68. The summed E-state index contributed by atoms with van der Waals surface area (Å²) in [4.78, 5) is 2.48. The number of nitrogens with zero attached hydrogens (tertiary/aromatic N) is 1. The highest BCUT2D eigenvalue weighted by atomic mass is 15.1. The molecule has 0 saturated carbocycles. The van der Waals surface area contributed by atoms with E-state index in [0.717, 1.165) is 13.1 Å². The van der Waals surface area contributed by atoms with E-state index in [1.54, 1.807) is 0 Å². The zero-order valence-electron chi connectivity index (χ0n) is 19.8. The third kappa shape index (κ3) is 5.77. The van der Waals surface area contributed by atoms with Crippen molar-refractivity contribution in [1.29, 1.82) is 0 Å². The smallest absolute Gasteiger partial charge is 0.0446 e. The van der Waals surface area contributed by atoms with Crippen molar-refractivity contribution in [2.24, 2.45) is 0 Å². The maximum Gasteiger partial charge on any atom is 0.0446 e. The van der Waals surface area contributed by atoms with E-state index in [-0.39, 0.29) is 0 Å². The van der Waals surface area contributed by atoms with E-state index in [0.29, 0.717) is 0 Å². The van der Waals surface area contributed by atoms with Crippen LogP contribution in [0.5, 0.6) is 0 Å². The van der Waals surface area contributed by atoms with Crippen LogP contribution in [0.15, 0.2) is 146 Å². The molecule has 0 fully saturated rings. The van der Waals surface area contributed by atoms with Gasteiger partial charge in [0.2, 0.25) is 0 Å². The maximum atomic E-state index is 2.48. The van der Waals surface area contributed by atoms with Crippen LogP contribution < -0.4 is 4.90 Å². The first-order valence-electron chi connectivity index (χ1n) is 12.1. The molecule has 0 spiro atoms. The second-order valence-corrected chi connectivity index (χ2v) is 8.68. The van der Waals surface area contributed by atoms with Crippen molar-refractivity contribution in [3.63, 3.8) is 0 Å². The lowest BCUT2D eigenvalue weighted by Gasteiger charge is -2.27. The highest BCUT2D eigenvalue weighted by molar-refractivity contribution is 5.93. The van der Waals surface area contributed by atoms with Gasteiger partial charge in [-0.1, -0.05) is 140 Å². The van der Waals surface area contributed by atoms with Gasteiger partial charge in [-0.3, -0.25) is 0 Å². The third-order valence-electron chi connectivity index (χ3n) is 6.18. The Kier molecular flexibility index (Phi) is 7.16.